The molecule has 4 rings (SSSR count). The zero-order valence-electron chi connectivity index (χ0n) is 20.3. The molecular formula is C28H31N3O4. The molecule has 0 spiro atoms. The van der Waals surface area contributed by atoms with Gasteiger partial charge in [-0.1, -0.05) is 60.7 Å². The summed E-state index contributed by atoms with van der Waals surface area (Å²) in [7, 11) is 3.21. The van der Waals surface area contributed by atoms with Gasteiger partial charge in [-0.05, 0) is 24.1 Å². The van der Waals surface area contributed by atoms with Gasteiger partial charge < -0.3 is 19.5 Å². The molecule has 1 unspecified atom stereocenters. The Labute approximate surface area is 205 Å². The van der Waals surface area contributed by atoms with E-state index < -0.39 is 6.04 Å². The van der Waals surface area contributed by atoms with Gasteiger partial charge in [0.15, 0.2) is 0 Å². The first kappa shape index (κ1) is 24.4. The van der Waals surface area contributed by atoms with Crippen molar-refractivity contribution in [2.45, 2.75) is 18.9 Å². The third-order valence-electron chi connectivity index (χ3n) is 6.61. The topological polar surface area (TPSA) is 80.6 Å². The monoisotopic (exact) mass is 473 g/mol. The number of aromatic nitrogens is 1. The minimum Gasteiger partial charge on any atom is -0.380 e. The average Bonchev–Trinajstić information content (AvgIpc) is 2.85. The molecule has 1 aliphatic rings. The van der Waals surface area contributed by atoms with Crippen LogP contribution in [0.25, 0.3) is 0 Å². The van der Waals surface area contributed by atoms with Crippen molar-refractivity contribution < 1.29 is 14.3 Å². The van der Waals surface area contributed by atoms with Gasteiger partial charge in [0, 0.05) is 44.2 Å². The van der Waals surface area contributed by atoms with Crippen LogP contribution in [-0.2, 0) is 16.6 Å². The molecule has 0 saturated carbocycles. The van der Waals surface area contributed by atoms with Gasteiger partial charge in [0.1, 0.15) is 6.04 Å². The van der Waals surface area contributed by atoms with E-state index in [4.69, 9.17) is 4.74 Å². The molecule has 2 aromatic carbocycles. The van der Waals surface area contributed by atoms with E-state index in [0.29, 0.717) is 30.9 Å². The Kier molecular flexibility index (Phi) is 7.46. The first-order valence-electron chi connectivity index (χ1n) is 11.8. The third-order valence-corrected chi connectivity index (χ3v) is 6.61. The summed E-state index contributed by atoms with van der Waals surface area (Å²) in [4.78, 5) is 41.1. The highest BCUT2D eigenvalue weighted by Gasteiger charge is 2.41. The quantitative estimate of drug-likeness (QED) is 0.546. The van der Waals surface area contributed by atoms with Crippen LogP contribution in [0, 0.1) is 12.8 Å². The maximum Gasteiger partial charge on any atom is 0.256 e. The Balaban J connectivity index is 1.82. The van der Waals surface area contributed by atoms with Crippen molar-refractivity contribution in [1.29, 1.82) is 0 Å². The largest absolute Gasteiger partial charge is 0.380 e. The summed E-state index contributed by atoms with van der Waals surface area (Å²) in [6.45, 7) is 2.81. The standard InChI is InChI=1S/C28H31N3O4/c1-19-14-22(15-30(3)27(19)33)28(34)31(25(26(32)29-2)23-17-35-18-23)16-24(20-10-6-4-7-11-20)21-12-8-5-9-13-21/h4-15,23-25H,16-18H2,1-3H3,(H,29,32). The number of rotatable bonds is 8. The Morgan fingerprint density at radius 3 is 2.09 bits per heavy atom. The molecule has 1 atom stereocenters. The summed E-state index contributed by atoms with van der Waals surface area (Å²) in [5.74, 6) is -0.781. The van der Waals surface area contributed by atoms with Gasteiger partial charge in [-0.15, -0.1) is 0 Å². The molecular weight excluding hydrogens is 442 g/mol. The molecule has 7 nitrogen and oxygen atoms in total. The van der Waals surface area contributed by atoms with Crippen LogP contribution in [0.1, 0.15) is 33.0 Å². The second-order valence-electron chi connectivity index (χ2n) is 9.02. The first-order valence-corrected chi connectivity index (χ1v) is 11.8. The van der Waals surface area contributed by atoms with E-state index in [0.717, 1.165) is 11.1 Å². The number of hydrogen-bond donors (Lipinski definition) is 1. The predicted molar refractivity (Wildman–Crippen MR) is 134 cm³/mol. The van der Waals surface area contributed by atoms with E-state index in [-0.39, 0.29) is 29.2 Å². The molecule has 182 valence electrons. The van der Waals surface area contributed by atoms with E-state index in [1.54, 1.807) is 38.2 Å². The highest BCUT2D eigenvalue weighted by molar-refractivity contribution is 5.97. The molecule has 1 saturated heterocycles. The number of carbonyl (C=O) groups is 2. The molecule has 1 fully saturated rings. The van der Waals surface area contributed by atoms with Crippen molar-refractivity contribution in [3.05, 3.63) is 106 Å². The van der Waals surface area contributed by atoms with Crippen molar-refractivity contribution in [1.82, 2.24) is 14.8 Å². The molecule has 0 radical (unpaired) electrons. The first-order chi connectivity index (χ1) is 16.9. The van der Waals surface area contributed by atoms with Crippen LogP contribution in [0.5, 0.6) is 0 Å². The van der Waals surface area contributed by atoms with Crippen molar-refractivity contribution in [2.75, 3.05) is 26.8 Å². The van der Waals surface area contributed by atoms with E-state index in [1.807, 2.05) is 60.7 Å². The molecule has 7 heteroatoms. The smallest absolute Gasteiger partial charge is 0.256 e. The lowest BCUT2D eigenvalue weighted by Crippen LogP contribution is -2.58. The summed E-state index contributed by atoms with van der Waals surface area (Å²) in [5.41, 5.74) is 2.79. The fourth-order valence-electron chi connectivity index (χ4n) is 4.65. The van der Waals surface area contributed by atoms with Gasteiger partial charge in [-0.3, -0.25) is 14.4 Å². The van der Waals surface area contributed by atoms with E-state index in [9.17, 15) is 14.4 Å². The van der Waals surface area contributed by atoms with Crippen LogP contribution in [0.3, 0.4) is 0 Å². The molecule has 1 aromatic heterocycles. The van der Waals surface area contributed by atoms with Gasteiger partial charge in [-0.25, -0.2) is 0 Å². The number of carbonyl (C=O) groups excluding carboxylic acids is 2. The number of likely N-dealkylation sites (N-methyl/N-ethyl adjacent to an activating group) is 1. The van der Waals surface area contributed by atoms with Crippen LogP contribution in [0.2, 0.25) is 0 Å². The molecule has 3 aromatic rings. The highest BCUT2D eigenvalue weighted by Crippen LogP contribution is 2.30. The summed E-state index contributed by atoms with van der Waals surface area (Å²) in [5, 5.41) is 2.74. The van der Waals surface area contributed by atoms with Crippen molar-refractivity contribution in [3.63, 3.8) is 0 Å². The van der Waals surface area contributed by atoms with Crippen LogP contribution in [0.4, 0.5) is 0 Å². The van der Waals surface area contributed by atoms with Gasteiger partial charge in [0.2, 0.25) is 5.91 Å². The average molecular weight is 474 g/mol. The molecule has 35 heavy (non-hydrogen) atoms. The Morgan fingerprint density at radius 1 is 1.06 bits per heavy atom. The maximum atomic E-state index is 14.1. The molecule has 2 heterocycles. The second kappa shape index (κ2) is 10.7. The Hall–Kier alpha value is -3.71. The van der Waals surface area contributed by atoms with Gasteiger partial charge in [0.25, 0.3) is 11.5 Å². The molecule has 0 aliphatic carbocycles. The number of pyridine rings is 1. The zero-order chi connectivity index (χ0) is 24.9. The highest BCUT2D eigenvalue weighted by atomic mass is 16.5. The van der Waals surface area contributed by atoms with Crippen molar-refractivity contribution in [3.8, 4) is 0 Å². The number of aryl methyl sites for hydroxylation is 2. The van der Waals surface area contributed by atoms with Crippen LogP contribution >= 0.6 is 0 Å². The molecule has 1 N–H and O–H groups in total. The minimum atomic E-state index is -0.700. The Bertz CT molecular complexity index is 1170. The summed E-state index contributed by atoms with van der Waals surface area (Å²) in [6.07, 6.45) is 1.54. The molecule has 0 bridgehead atoms. The van der Waals surface area contributed by atoms with Gasteiger partial charge in [-0.2, -0.15) is 0 Å². The number of amides is 2. The molecule has 2 amide bonds. The lowest BCUT2D eigenvalue weighted by Gasteiger charge is -2.41. The second-order valence-corrected chi connectivity index (χ2v) is 9.02. The van der Waals surface area contributed by atoms with E-state index >= 15 is 0 Å². The fraction of sp³-hybridized carbons (Fsp3) is 0.321. The maximum absolute atomic E-state index is 14.1. The number of nitrogens with one attached hydrogen (secondary N) is 1. The van der Waals surface area contributed by atoms with Gasteiger partial charge in [0.05, 0.1) is 18.8 Å². The lowest BCUT2D eigenvalue weighted by atomic mass is 9.88. The third kappa shape index (κ3) is 5.20. The van der Waals surface area contributed by atoms with Crippen LogP contribution in [0.15, 0.2) is 77.7 Å². The normalized spacial score (nSPS) is 14.3. The van der Waals surface area contributed by atoms with E-state index in [1.165, 1.54) is 4.57 Å². The van der Waals surface area contributed by atoms with Crippen LogP contribution in [-0.4, -0.2) is 54.1 Å². The fourth-order valence-corrected chi connectivity index (χ4v) is 4.65. The predicted octanol–water partition coefficient (Wildman–Crippen LogP) is 2.73. The number of nitrogens with zero attached hydrogens (tertiary/aromatic N) is 2. The molecule has 1 aliphatic heterocycles. The Morgan fingerprint density at radius 2 is 1.63 bits per heavy atom. The van der Waals surface area contributed by atoms with Crippen molar-refractivity contribution in [2.24, 2.45) is 13.0 Å². The summed E-state index contributed by atoms with van der Waals surface area (Å²) < 4.78 is 6.82. The van der Waals surface area contributed by atoms with Crippen LogP contribution < -0.4 is 10.9 Å². The summed E-state index contributed by atoms with van der Waals surface area (Å²) >= 11 is 0. The number of ether oxygens (including phenoxy) is 1. The van der Waals surface area contributed by atoms with E-state index in [2.05, 4.69) is 5.32 Å². The lowest BCUT2D eigenvalue weighted by molar-refractivity contribution is -0.136. The summed E-state index contributed by atoms with van der Waals surface area (Å²) in [6, 6.07) is 20.9. The SMILES string of the molecule is CNC(=O)C(C1COC1)N(CC(c1ccccc1)c1ccccc1)C(=O)c1cc(C)c(=O)n(C)c1. The number of benzene rings is 2. The minimum absolute atomic E-state index is 0.111. The van der Waals surface area contributed by atoms with Gasteiger partial charge >= 0.3 is 0 Å². The number of hydrogen-bond acceptors (Lipinski definition) is 4. The van der Waals surface area contributed by atoms with Crippen molar-refractivity contribution >= 4 is 11.8 Å². The zero-order valence-corrected chi connectivity index (χ0v) is 20.3.